The highest BCUT2D eigenvalue weighted by Crippen LogP contribution is 2.72. The maximum Gasteiger partial charge on any atom is 0.375 e. The fourth-order valence-corrected chi connectivity index (χ4v) is 8.81. The number of ketones is 2. The third-order valence-electron chi connectivity index (χ3n) is 9.69. The number of carbonyl (C=O) groups is 3. The van der Waals surface area contributed by atoms with E-state index in [1.54, 1.807) is 12.1 Å². The lowest BCUT2D eigenvalue weighted by Gasteiger charge is -2.64. The summed E-state index contributed by atoms with van der Waals surface area (Å²) in [5.41, 5.74) is -2.20. The number of ether oxygens (including phenoxy) is 1. The number of halogens is 2. The summed E-state index contributed by atoms with van der Waals surface area (Å²) in [7, 11) is 0. The number of carbonyl (C=O) groups excluding carboxylic acids is 3. The van der Waals surface area contributed by atoms with E-state index in [4.69, 9.17) is 32.4 Å². The fraction of sp³-hybridized carbons (Fsp3) is 0.593. The van der Waals surface area contributed by atoms with E-state index in [-0.39, 0.29) is 47.4 Å². The molecule has 6 nitrogen and oxygen atoms in total. The van der Waals surface area contributed by atoms with Crippen LogP contribution in [-0.2, 0) is 14.3 Å². The molecule has 188 valence electrons. The number of hydrogen-bond acceptors (Lipinski definition) is 6. The Morgan fingerprint density at radius 2 is 2.03 bits per heavy atom. The molecule has 0 saturated heterocycles. The van der Waals surface area contributed by atoms with Crippen LogP contribution < -0.4 is 0 Å². The van der Waals surface area contributed by atoms with Gasteiger partial charge in [0.15, 0.2) is 17.2 Å². The summed E-state index contributed by atoms with van der Waals surface area (Å²) in [5.74, 6) is -2.12. The average Bonchev–Trinajstić information content (AvgIpc) is 3.42. The molecule has 3 fully saturated rings. The number of Topliss-reactive ketones (excluding diaryl/α,β-unsaturated/α-hetero) is 1. The molecule has 0 aliphatic heterocycles. The standard InChI is InChI=1S/C27H30Cl2O6/c1-15-11-19-18-7-6-16-12-17(30)8-9-24(16,2)26(18,29)21(31)13-25(19,3)27(15,22(32)14-28)35-23(33)20-5-4-10-34-20/h4-5,8-10,12,15,18-19,21,31H,6-7,11,13-14H2,1-3H3/t15-,18?,19?,21+,24+,25+,26+,27-/m1/s1. The molecule has 1 aromatic rings. The summed E-state index contributed by atoms with van der Waals surface area (Å²) < 4.78 is 11.3. The van der Waals surface area contributed by atoms with E-state index in [1.165, 1.54) is 18.4 Å². The molecular weight excluding hydrogens is 491 g/mol. The van der Waals surface area contributed by atoms with Gasteiger partial charge in [0.05, 0.1) is 23.1 Å². The van der Waals surface area contributed by atoms with Crippen molar-refractivity contribution in [3.8, 4) is 0 Å². The molecule has 5 rings (SSSR count). The first-order valence-corrected chi connectivity index (χ1v) is 13.0. The SMILES string of the molecule is C[C@@H]1CC2C3CCC4=CC(=O)C=C[C@]4(C)[C@@]3(Cl)[C@@H](O)C[C@]2(C)[C@]1(OC(=O)c1ccco1)C(=O)CCl. The Morgan fingerprint density at radius 3 is 2.69 bits per heavy atom. The van der Waals surface area contributed by atoms with Crippen LogP contribution in [0.2, 0.25) is 0 Å². The molecule has 4 aliphatic rings. The molecule has 0 aromatic carbocycles. The van der Waals surface area contributed by atoms with Crippen molar-refractivity contribution in [3.05, 3.63) is 48.0 Å². The van der Waals surface area contributed by atoms with Crippen LogP contribution in [0.25, 0.3) is 0 Å². The maximum absolute atomic E-state index is 13.6. The highest BCUT2D eigenvalue weighted by molar-refractivity contribution is 6.29. The van der Waals surface area contributed by atoms with Crippen LogP contribution in [0.3, 0.4) is 0 Å². The first-order valence-electron chi connectivity index (χ1n) is 12.1. The summed E-state index contributed by atoms with van der Waals surface area (Å²) in [6.45, 7) is 5.81. The van der Waals surface area contributed by atoms with Crippen LogP contribution in [-0.4, -0.2) is 45.1 Å². The minimum atomic E-state index is -1.53. The van der Waals surface area contributed by atoms with Gasteiger partial charge in [0, 0.05) is 16.7 Å². The molecule has 0 bridgehead atoms. The predicted octanol–water partition coefficient (Wildman–Crippen LogP) is 4.87. The Kier molecular flexibility index (Phi) is 5.71. The van der Waals surface area contributed by atoms with Gasteiger partial charge in [0.2, 0.25) is 5.76 Å². The third kappa shape index (κ3) is 3.02. The zero-order valence-corrected chi connectivity index (χ0v) is 21.6. The molecule has 0 spiro atoms. The van der Waals surface area contributed by atoms with Gasteiger partial charge < -0.3 is 14.3 Å². The second-order valence-corrected chi connectivity index (χ2v) is 12.0. The van der Waals surface area contributed by atoms with Gasteiger partial charge in [-0.1, -0.05) is 32.4 Å². The third-order valence-corrected chi connectivity index (χ3v) is 10.9. The summed E-state index contributed by atoms with van der Waals surface area (Å²) in [6.07, 6.45) is 7.44. The maximum atomic E-state index is 13.6. The first kappa shape index (κ1) is 24.8. The van der Waals surface area contributed by atoms with Gasteiger partial charge in [-0.3, -0.25) is 9.59 Å². The van der Waals surface area contributed by atoms with Crippen molar-refractivity contribution >= 4 is 40.7 Å². The quantitative estimate of drug-likeness (QED) is 0.449. The number of furan rings is 1. The van der Waals surface area contributed by atoms with E-state index in [0.717, 1.165) is 5.57 Å². The summed E-state index contributed by atoms with van der Waals surface area (Å²) in [4.78, 5) is 37.7. The minimum absolute atomic E-state index is 0.00557. The van der Waals surface area contributed by atoms with Gasteiger partial charge in [-0.2, -0.15) is 0 Å². The average molecular weight is 521 g/mol. The lowest BCUT2D eigenvalue weighted by Crippen LogP contribution is -2.69. The van der Waals surface area contributed by atoms with E-state index >= 15 is 0 Å². The van der Waals surface area contributed by atoms with Gasteiger partial charge in [0.25, 0.3) is 0 Å². The Labute approximate surface area is 214 Å². The van der Waals surface area contributed by atoms with Gasteiger partial charge in [0.1, 0.15) is 0 Å². The summed E-state index contributed by atoms with van der Waals surface area (Å²) >= 11 is 13.6. The number of allylic oxidation sites excluding steroid dienone is 4. The van der Waals surface area contributed by atoms with Gasteiger partial charge in [-0.15, -0.1) is 23.2 Å². The monoisotopic (exact) mass is 520 g/mol. The molecular formula is C27H30Cl2O6. The molecule has 8 heteroatoms. The van der Waals surface area contributed by atoms with E-state index in [0.29, 0.717) is 19.3 Å². The Balaban J connectivity index is 1.61. The van der Waals surface area contributed by atoms with Crippen LogP contribution in [0.1, 0.15) is 57.0 Å². The largest absolute Gasteiger partial charge is 0.457 e. The van der Waals surface area contributed by atoms with Crippen molar-refractivity contribution in [1.82, 2.24) is 0 Å². The van der Waals surface area contributed by atoms with Gasteiger partial charge >= 0.3 is 5.97 Å². The smallest absolute Gasteiger partial charge is 0.375 e. The van der Waals surface area contributed by atoms with Crippen molar-refractivity contribution in [2.24, 2.45) is 28.6 Å². The molecule has 35 heavy (non-hydrogen) atoms. The molecule has 1 N–H and O–H groups in total. The van der Waals surface area contributed by atoms with Crippen molar-refractivity contribution < 1.29 is 28.6 Å². The van der Waals surface area contributed by atoms with E-state index in [2.05, 4.69) is 0 Å². The Morgan fingerprint density at radius 1 is 1.29 bits per heavy atom. The second kappa shape index (κ2) is 8.06. The van der Waals surface area contributed by atoms with Gasteiger partial charge in [-0.25, -0.2) is 4.79 Å². The van der Waals surface area contributed by atoms with Crippen molar-refractivity contribution in [1.29, 1.82) is 0 Å². The predicted molar refractivity (Wildman–Crippen MR) is 130 cm³/mol. The molecule has 4 aliphatic carbocycles. The van der Waals surface area contributed by atoms with Crippen molar-refractivity contribution in [2.75, 3.05) is 5.88 Å². The normalized spacial score (nSPS) is 44.2. The van der Waals surface area contributed by atoms with Crippen LogP contribution >= 0.6 is 23.2 Å². The Bertz CT molecular complexity index is 1140. The summed E-state index contributed by atoms with van der Waals surface area (Å²) in [6, 6.07) is 3.07. The Hall–Kier alpha value is -1.89. The number of hydrogen-bond donors (Lipinski definition) is 1. The lowest BCUT2D eigenvalue weighted by molar-refractivity contribution is -0.177. The van der Waals surface area contributed by atoms with Crippen LogP contribution in [0.15, 0.2) is 46.6 Å². The summed E-state index contributed by atoms with van der Waals surface area (Å²) in [5, 5.41) is 11.8. The lowest BCUT2D eigenvalue weighted by atomic mass is 9.45. The number of fused-ring (bicyclic) bond motifs is 5. The molecule has 2 unspecified atom stereocenters. The van der Waals surface area contributed by atoms with Crippen LogP contribution in [0.4, 0.5) is 0 Å². The topological polar surface area (TPSA) is 93.8 Å². The fourth-order valence-electron chi connectivity index (χ4n) is 8.09. The van der Waals surface area contributed by atoms with Crippen LogP contribution in [0.5, 0.6) is 0 Å². The van der Waals surface area contributed by atoms with Crippen LogP contribution in [0, 0.1) is 28.6 Å². The van der Waals surface area contributed by atoms with E-state index in [9.17, 15) is 19.5 Å². The van der Waals surface area contributed by atoms with Gasteiger partial charge in [-0.05, 0) is 61.8 Å². The second-order valence-electron chi connectivity index (χ2n) is 11.1. The minimum Gasteiger partial charge on any atom is -0.457 e. The zero-order valence-electron chi connectivity index (χ0n) is 20.1. The molecule has 0 radical (unpaired) electrons. The van der Waals surface area contributed by atoms with E-state index in [1.807, 2.05) is 26.8 Å². The molecule has 3 saturated carbocycles. The number of alkyl halides is 2. The first-order chi connectivity index (χ1) is 16.5. The number of aliphatic hydroxyl groups is 1. The highest BCUT2D eigenvalue weighted by Gasteiger charge is 2.76. The molecule has 1 heterocycles. The number of aliphatic hydroxyl groups excluding tert-OH is 1. The zero-order chi connectivity index (χ0) is 25.4. The number of esters is 1. The molecule has 0 amide bonds. The molecule has 1 aromatic heterocycles. The van der Waals surface area contributed by atoms with Crippen molar-refractivity contribution in [2.45, 2.75) is 63.0 Å². The highest BCUT2D eigenvalue weighted by atomic mass is 35.5. The number of rotatable bonds is 4. The molecule has 8 atom stereocenters. The van der Waals surface area contributed by atoms with Crippen molar-refractivity contribution in [3.63, 3.8) is 0 Å². The van der Waals surface area contributed by atoms with E-state index < -0.39 is 33.4 Å².